The van der Waals surface area contributed by atoms with Crippen molar-refractivity contribution >= 4 is 17.7 Å². The van der Waals surface area contributed by atoms with Gasteiger partial charge < -0.3 is 4.74 Å². The minimum absolute atomic E-state index is 0.0377. The first-order valence-electron chi connectivity index (χ1n) is 5.44. The van der Waals surface area contributed by atoms with E-state index in [1.54, 1.807) is 0 Å². The highest BCUT2D eigenvalue weighted by Gasteiger charge is 2.29. The van der Waals surface area contributed by atoms with Crippen molar-refractivity contribution in [3.8, 4) is 0 Å². The van der Waals surface area contributed by atoms with Gasteiger partial charge in [-0.15, -0.1) is 0 Å². The number of hydrogen-bond acceptors (Lipinski definition) is 3. The number of ether oxygens (including phenoxy) is 1. The van der Waals surface area contributed by atoms with Crippen molar-refractivity contribution in [2.24, 2.45) is 5.92 Å². The normalized spacial score (nSPS) is 31.8. The van der Waals surface area contributed by atoms with E-state index in [0.29, 0.717) is 24.2 Å². The number of carbonyl (C=O) groups is 1. The van der Waals surface area contributed by atoms with Crippen LogP contribution in [0.5, 0.6) is 0 Å². The molecule has 3 unspecified atom stereocenters. The SMILES string of the molecule is CCOC(=O)CCC1CC(C)SC1C. The third-order valence-electron chi connectivity index (χ3n) is 2.77. The van der Waals surface area contributed by atoms with E-state index in [1.807, 2.05) is 18.7 Å². The minimum Gasteiger partial charge on any atom is -0.466 e. The van der Waals surface area contributed by atoms with E-state index in [-0.39, 0.29) is 5.97 Å². The van der Waals surface area contributed by atoms with Gasteiger partial charge in [0.25, 0.3) is 0 Å². The monoisotopic (exact) mass is 216 g/mol. The largest absolute Gasteiger partial charge is 0.466 e. The molecule has 0 aromatic rings. The maximum atomic E-state index is 11.2. The Balaban J connectivity index is 2.21. The summed E-state index contributed by atoms with van der Waals surface area (Å²) in [6.07, 6.45) is 2.85. The fourth-order valence-corrected chi connectivity index (χ4v) is 3.60. The highest BCUT2D eigenvalue weighted by atomic mass is 32.2. The average Bonchev–Trinajstić information content (AvgIpc) is 2.42. The van der Waals surface area contributed by atoms with E-state index in [0.717, 1.165) is 11.7 Å². The molecule has 0 saturated carbocycles. The molecule has 0 spiro atoms. The lowest BCUT2D eigenvalue weighted by molar-refractivity contribution is -0.143. The maximum Gasteiger partial charge on any atom is 0.305 e. The maximum absolute atomic E-state index is 11.2. The van der Waals surface area contributed by atoms with Crippen LogP contribution in [-0.4, -0.2) is 23.1 Å². The van der Waals surface area contributed by atoms with Crippen molar-refractivity contribution in [1.82, 2.24) is 0 Å². The van der Waals surface area contributed by atoms with Gasteiger partial charge in [-0.2, -0.15) is 11.8 Å². The standard InChI is InChI=1S/C11H20O2S/c1-4-13-11(12)6-5-10-7-8(2)14-9(10)3/h8-10H,4-7H2,1-3H3. The molecule has 1 saturated heterocycles. The second kappa shape index (κ2) is 5.64. The molecule has 1 aliphatic heterocycles. The molecule has 3 heteroatoms. The zero-order valence-electron chi connectivity index (χ0n) is 9.29. The van der Waals surface area contributed by atoms with Crippen LogP contribution in [0.2, 0.25) is 0 Å². The van der Waals surface area contributed by atoms with E-state index in [2.05, 4.69) is 13.8 Å². The van der Waals surface area contributed by atoms with Crippen LogP contribution in [0, 0.1) is 5.92 Å². The Kier molecular flexibility index (Phi) is 4.79. The average molecular weight is 216 g/mol. The van der Waals surface area contributed by atoms with E-state index >= 15 is 0 Å². The van der Waals surface area contributed by atoms with Crippen LogP contribution in [-0.2, 0) is 9.53 Å². The Labute approximate surface area is 90.8 Å². The van der Waals surface area contributed by atoms with Crippen LogP contribution in [0.15, 0.2) is 0 Å². The van der Waals surface area contributed by atoms with Gasteiger partial charge in [0, 0.05) is 16.9 Å². The summed E-state index contributed by atoms with van der Waals surface area (Å²) in [7, 11) is 0. The van der Waals surface area contributed by atoms with Crippen molar-refractivity contribution in [2.45, 2.75) is 50.5 Å². The predicted octanol–water partition coefficient (Wildman–Crippen LogP) is 2.86. The molecule has 1 fully saturated rings. The predicted molar refractivity (Wildman–Crippen MR) is 60.5 cm³/mol. The number of thioether (sulfide) groups is 1. The van der Waals surface area contributed by atoms with Gasteiger partial charge in [-0.3, -0.25) is 4.79 Å². The van der Waals surface area contributed by atoms with Crippen molar-refractivity contribution in [1.29, 1.82) is 0 Å². The molecule has 0 aromatic heterocycles. The Bertz CT molecular complexity index is 194. The third-order valence-corrected chi connectivity index (χ3v) is 4.24. The van der Waals surface area contributed by atoms with Crippen LogP contribution in [0.4, 0.5) is 0 Å². The summed E-state index contributed by atoms with van der Waals surface area (Å²) in [6.45, 7) is 6.90. The molecular formula is C11H20O2S. The molecule has 0 aliphatic carbocycles. The topological polar surface area (TPSA) is 26.3 Å². The zero-order chi connectivity index (χ0) is 10.6. The molecular weight excluding hydrogens is 196 g/mol. The lowest BCUT2D eigenvalue weighted by Crippen LogP contribution is -2.12. The molecule has 1 heterocycles. The second-order valence-electron chi connectivity index (χ2n) is 3.99. The smallest absolute Gasteiger partial charge is 0.305 e. The minimum atomic E-state index is -0.0377. The van der Waals surface area contributed by atoms with Crippen LogP contribution in [0.25, 0.3) is 0 Å². The molecule has 0 N–H and O–H groups in total. The number of hydrogen-bond donors (Lipinski definition) is 0. The molecule has 1 aliphatic rings. The van der Waals surface area contributed by atoms with Crippen molar-refractivity contribution in [3.63, 3.8) is 0 Å². The van der Waals surface area contributed by atoms with Crippen molar-refractivity contribution < 1.29 is 9.53 Å². The van der Waals surface area contributed by atoms with E-state index in [9.17, 15) is 4.79 Å². The highest BCUT2D eigenvalue weighted by molar-refractivity contribution is 8.00. The van der Waals surface area contributed by atoms with E-state index in [1.165, 1.54) is 6.42 Å². The first-order valence-corrected chi connectivity index (χ1v) is 6.38. The van der Waals surface area contributed by atoms with Crippen LogP contribution >= 0.6 is 11.8 Å². The molecule has 82 valence electrons. The third kappa shape index (κ3) is 3.52. The summed E-state index contributed by atoms with van der Waals surface area (Å²) in [4.78, 5) is 11.2. The Morgan fingerprint density at radius 1 is 1.50 bits per heavy atom. The zero-order valence-corrected chi connectivity index (χ0v) is 10.1. The Morgan fingerprint density at radius 3 is 2.71 bits per heavy atom. The lowest BCUT2D eigenvalue weighted by Gasteiger charge is -2.12. The summed E-state index contributed by atoms with van der Waals surface area (Å²) in [6, 6.07) is 0. The number of carbonyl (C=O) groups excluding carboxylic acids is 1. The van der Waals surface area contributed by atoms with Crippen LogP contribution in [0.3, 0.4) is 0 Å². The Morgan fingerprint density at radius 2 is 2.21 bits per heavy atom. The van der Waals surface area contributed by atoms with Crippen LogP contribution in [0.1, 0.15) is 40.0 Å². The molecule has 14 heavy (non-hydrogen) atoms. The molecule has 0 amide bonds. The van der Waals surface area contributed by atoms with Crippen LogP contribution < -0.4 is 0 Å². The van der Waals surface area contributed by atoms with Gasteiger partial charge >= 0.3 is 5.97 Å². The molecule has 2 nitrogen and oxygen atoms in total. The fraction of sp³-hybridized carbons (Fsp3) is 0.909. The summed E-state index contributed by atoms with van der Waals surface area (Å²) >= 11 is 2.04. The summed E-state index contributed by atoms with van der Waals surface area (Å²) in [5, 5.41) is 1.47. The van der Waals surface area contributed by atoms with Gasteiger partial charge in [0.2, 0.25) is 0 Å². The quantitative estimate of drug-likeness (QED) is 0.676. The van der Waals surface area contributed by atoms with Gasteiger partial charge in [-0.05, 0) is 25.7 Å². The van der Waals surface area contributed by atoms with Gasteiger partial charge in [-0.25, -0.2) is 0 Å². The lowest BCUT2D eigenvalue weighted by atomic mass is 9.95. The number of rotatable bonds is 4. The first kappa shape index (κ1) is 11.9. The van der Waals surface area contributed by atoms with E-state index in [4.69, 9.17) is 4.74 Å². The van der Waals surface area contributed by atoms with Crippen molar-refractivity contribution in [3.05, 3.63) is 0 Å². The molecule has 0 radical (unpaired) electrons. The van der Waals surface area contributed by atoms with Gasteiger partial charge in [-0.1, -0.05) is 13.8 Å². The molecule has 0 bridgehead atoms. The summed E-state index contributed by atoms with van der Waals surface area (Å²) < 4.78 is 4.92. The highest BCUT2D eigenvalue weighted by Crippen LogP contribution is 2.40. The molecule has 1 rings (SSSR count). The van der Waals surface area contributed by atoms with E-state index < -0.39 is 0 Å². The van der Waals surface area contributed by atoms with Gasteiger partial charge in [0.15, 0.2) is 0 Å². The molecule has 0 aromatic carbocycles. The second-order valence-corrected chi connectivity index (χ2v) is 5.81. The van der Waals surface area contributed by atoms with Gasteiger partial charge in [0.05, 0.1) is 6.61 Å². The van der Waals surface area contributed by atoms with Crippen molar-refractivity contribution in [2.75, 3.05) is 6.61 Å². The summed E-state index contributed by atoms with van der Waals surface area (Å²) in [5.41, 5.74) is 0. The summed E-state index contributed by atoms with van der Waals surface area (Å²) in [5.74, 6) is 0.670. The number of esters is 1. The fourth-order valence-electron chi connectivity index (χ4n) is 2.04. The Hall–Kier alpha value is -0.180. The first-order chi connectivity index (χ1) is 6.63. The van der Waals surface area contributed by atoms with Gasteiger partial charge in [0.1, 0.15) is 0 Å². The molecule has 3 atom stereocenters.